The number of ether oxygens (including phenoxy) is 1. The van der Waals surface area contributed by atoms with Crippen molar-refractivity contribution in [3.8, 4) is 5.75 Å². The average Bonchev–Trinajstić information content (AvgIpc) is 2.66. The number of carbonyl (C=O) groups excluding carboxylic acids is 1. The summed E-state index contributed by atoms with van der Waals surface area (Å²) < 4.78 is 18.9. The zero-order chi connectivity index (χ0) is 19.4. The van der Waals surface area contributed by atoms with Crippen LogP contribution in [0.2, 0.25) is 0 Å². The van der Waals surface area contributed by atoms with Crippen molar-refractivity contribution in [2.45, 2.75) is 6.92 Å². The summed E-state index contributed by atoms with van der Waals surface area (Å²) in [5.41, 5.74) is 0. The molecule has 1 amide bonds. The summed E-state index contributed by atoms with van der Waals surface area (Å²) >= 11 is 0. The number of piperazine rings is 1. The molecule has 0 unspecified atom stereocenters. The zero-order valence-corrected chi connectivity index (χ0v) is 15.9. The smallest absolute Gasteiger partial charge is 0.260 e. The molecule has 8 heteroatoms. The standard InChI is InChI=1S/C19H24FN5O2/c1-14-21-17(23(2)3)12-18(22-14)24-8-10-25(11-9-24)19(26)13-27-16-7-5-4-6-15(16)20/h4-7,12H,8-11,13H2,1-3H3. The minimum atomic E-state index is -0.467. The molecule has 1 aromatic heterocycles. The predicted molar refractivity (Wildman–Crippen MR) is 102 cm³/mol. The Morgan fingerprint density at radius 2 is 1.89 bits per heavy atom. The molecule has 27 heavy (non-hydrogen) atoms. The highest BCUT2D eigenvalue weighted by Gasteiger charge is 2.23. The quantitative estimate of drug-likeness (QED) is 0.795. The lowest BCUT2D eigenvalue weighted by Crippen LogP contribution is -2.50. The summed E-state index contributed by atoms with van der Waals surface area (Å²) in [5.74, 6) is 1.91. The summed E-state index contributed by atoms with van der Waals surface area (Å²) in [6.07, 6.45) is 0. The number of benzene rings is 1. The number of nitrogens with zero attached hydrogens (tertiary/aromatic N) is 5. The topological polar surface area (TPSA) is 61.8 Å². The Bertz CT molecular complexity index is 806. The maximum Gasteiger partial charge on any atom is 0.260 e. The molecular formula is C19H24FN5O2. The molecule has 0 N–H and O–H groups in total. The van der Waals surface area contributed by atoms with E-state index in [1.54, 1.807) is 17.0 Å². The summed E-state index contributed by atoms with van der Waals surface area (Å²) in [4.78, 5) is 27.1. The van der Waals surface area contributed by atoms with E-state index in [4.69, 9.17) is 4.74 Å². The number of hydrogen-bond acceptors (Lipinski definition) is 6. The van der Waals surface area contributed by atoms with E-state index in [0.717, 1.165) is 11.6 Å². The molecule has 0 aliphatic carbocycles. The second-order valence-corrected chi connectivity index (χ2v) is 6.61. The predicted octanol–water partition coefficient (Wildman–Crippen LogP) is 1.72. The van der Waals surface area contributed by atoms with E-state index >= 15 is 0 Å². The Morgan fingerprint density at radius 1 is 1.19 bits per heavy atom. The first-order chi connectivity index (χ1) is 12.9. The van der Waals surface area contributed by atoms with Crippen molar-refractivity contribution >= 4 is 17.5 Å². The maximum absolute atomic E-state index is 13.6. The van der Waals surface area contributed by atoms with Gasteiger partial charge in [0.15, 0.2) is 18.2 Å². The van der Waals surface area contributed by atoms with E-state index in [-0.39, 0.29) is 18.3 Å². The molecule has 0 bridgehead atoms. The first kappa shape index (κ1) is 18.9. The molecule has 1 saturated heterocycles. The van der Waals surface area contributed by atoms with Crippen LogP contribution in [0, 0.1) is 12.7 Å². The Hall–Kier alpha value is -2.90. The highest BCUT2D eigenvalue weighted by Crippen LogP contribution is 2.20. The van der Waals surface area contributed by atoms with Gasteiger partial charge in [-0.25, -0.2) is 14.4 Å². The van der Waals surface area contributed by atoms with E-state index in [1.165, 1.54) is 12.1 Å². The molecule has 0 radical (unpaired) electrons. The molecule has 1 aliphatic heterocycles. The molecular weight excluding hydrogens is 349 g/mol. The van der Waals surface area contributed by atoms with Gasteiger partial charge in [0.05, 0.1) is 0 Å². The lowest BCUT2D eigenvalue weighted by atomic mass is 10.3. The summed E-state index contributed by atoms with van der Waals surface area (Å²) in [5, 5.41) is 0. The van der Waals surface area contributed by atoms with Crippen LogP contribution in [-0.4, -0.2) is 67.7 Å². The number of carbonyl (C=O) groups is 1. The Morgan fingerprint density at radius 3 is 2.56 bits per heavy atom. The van der Waals surface area contributed by atoms with Crippen molar-refractivity contribution in [2.75, 3.05) is 56.7 Å². The van der Waals surface area contributed by atoms with Gasteiger partial charge in [0.2, 0.25) is 0 Å². The Balaban J connectivity index is 1.55. The van der Waals surface area contributed by atoms with Gasteiger partial charge in [-0.15, -0.1) is 0 Å². The number of halogens is 1. The van der Waals surface area contributed by atoms with Gasteiger partial charge in [0, 0.05) is 46.3 Å². The van der Waals surface area contributed by atoms with Gasteiger partial charge >= 0.3 is 0 Å². The molecule has 1 aromatic carbocycles. The number of rotatable bonds is 5. The minimum Gasteiger partial charge on any atom is -0.481 e. The third-order valence-corrected chi connectivity index (χ3v) is 4.41. The number of aromatic nitrogens is 2. The van der Waals surface area contributed by atoms with Gasteiger partial charge in [-0.1, -0.05) is 12.1 Å². The molecule has 7 nitrogen and oxygen atoms in total. The molecule has 1 aliphatic rings. The van der Waals surface area contributed by atoms with Crippen LogP contribution in [0.4, 0.5) is 16.0 Å². The lowest BCUT2D eigenvalue weighted by Gasteiger charge is -2.35. The molecule has 3 rings (SSSR count). The van der Waals surface area contributed by atoms with Crippen LogP contribution >= 0.6 is 0 Å². The van der Waals surface area contributed by atoms with Crippen LogP contribution in [0.15, 0.2) is 30.3 Å². The van der Waals surface area contributed by atoms with Crippen molar-refractivity contribution in [2.24, 2.45) is 0 Å². The summed E-state index contributed by atoms with van der Waals surface area (Å²) in [6, 6.07) is 8.03. The van der Waals surface area contributed by atoms with Gasteiger partial charge in [0.25, 0.3) is 5.91 Å². The highest BCUT2D eigenvalue weighted by molar-refractivity contribution is 5.78. The van der Waals surface area contributed by atoms with E-state index in [2.05, 4.69) is 14.9 Å². The number of amides is 1. The molecule has 2 aromatic rings. The van der Waals surface area contributed by atoms with Crippen LogP contribution in [0.5, 0.6) is 5.75 Å². The van der Waals surface area contributed by atoms with Crippen molar-refractivity contribution in [3.63, 3.8) is 0 Å². The third kappa shape index (κ3) is 4.64. The van der Waals surface area contributed by atoms with Crippen LogP contribution < -0.4 is 14.5 Å². The van der Waals surface area contributed by atoms with Crippen LogP contribution in [0.3, 0.4) is 0 Å². The third-order valence-electron chi connectivity index (χ3n) is 4.41. The molecule has 1 fully saturated rings. The fourth-order valence-corrected chi connectivity index (χ4v) is 2.91. The molecule has 0 spiro atoms. The van der Waals surface area contributed by atoms with E-state index in [1.807, 2.05) is 32.0 Å². The van der Waals surface area contributed by atoms with Gasteiger partial charge in [-0.2, -0.15) is 0 Å². The number of hydrogen-bond donors (Lipinski definition) is 0. The molecule has 0 saturated carbocycles. The molecule has 0 atom stereocenters. The van der Waals surface area contributed by atoms with Crippen molar-refractivity contribution < 1.29 is 13.9 Å². The van der Waals surface area contributed by atoms with Crippen LogP contribution in [0.1, 0.15) is 5.82 Å². The first-order valence-corrected chi connectivity index (χ1v) is 8.87. The summed E-state index contributed by atoms with van der Waals surface area (Å²) in [7, 11) is 3.88. The van der Waals surface area contributed by atoms with Crippen LogP contribution in [0.25, 0.3) is 0 Å². The van der Waals surface area contributed by atoms with Gasteiger partial charge in [-0.05, 0) is 19.1 Å². The van der Waals surface area contributed by atoms with Gasteiger partial charge < -0.3 is 19.4 Å². The first-order valence-electron chi connectivity index (χ1n) is 8.87. The Labute approximate surface area is 158 Å². The maximum atomic E-state index is 13.6. The monoisotopic (exact) mass is 373 g/mol. The van der Waals surface area contributed by atoms with Crippen molar-refractivity contribution in [1.29, 1.82) is 0 Å². The fourth-order valence-electron chi connectivity index (χ4n) is 2.91. The SMILES string of the molecule is Cc1nc(N(C)C)cc(N2CCN(C(=O)COc3ccccc3F)CC2)n1. The number of para-hydroxylation sites is 1. The van der Waals surface area contributed by atoms with E-state index in [0.29, 0.717) is 32.0 Å². The van der Waals surface area contributed by atoms with Crippen molar-refractivity contribution in [1.82, 2.24) is 14.9 Å². The second kappa shape index (κ2) is 8.20. The number of aryl methyl sites for hydroxylation is 1. The van der Waals surface area contributed by atoms with Crippen molar-refractivity contribution in [3.05, 3.63) is 42.0 Å². The fraction of sp³-hybridized carbons (Fsp3) is 0.421. The van der Waals surface area contributed by atoms with E-state index < -0.39 is 5.82 Å². The molecule has 2 heterocycles. The van der Waals surface area contributed by atoms with E-state index in [9.17, 15) is 9.18 Å². The zero-order valence-electron chi connectivity index (χ0n) is 15.9. The Kier molecular flexibility index (Phi) is 5.73. The minimum absolute atomic E-state index is 0.0946. The normalized spacial score (nSPS) is 14.2. The molecule has 144 valence electrons. The lowest BCUT2D eigenvalue weighted by molar-refractivity contribution is -0.133. The largest absolute Gasteiger partial charge is 0.481 e. The second-order valence-electron chi connectivity index (χ2n) is 6.61. The van der Waals surface area contributed by atoms with Gasteiger partial charge in [-0.3, -0.25) is 4.79 Å². The average molecular weight is 373 g/mol. The highest BCUT2D eigenvalue weighted by atomic mass is 19.1. The van der Waals surface area contributed by atoms with Gasteiger partial charge in [0.1, 0.15) is 17.5 Å². The summed E-state index contributed by atoms with van der Waals surface area (Å²) in [6.45, 7) is 4.19. The number of anilines is 2. The van der Waals surface area contributed by atoms with Crippen LogP contribution in [-0.2, 0) is 4.79 Å².